The molecule has 11 heteroatoms. The number of aromatic nitrogens is 2. The second kappa shape index (κ2) is 7.65. The molecule has 0 unspecified atom stereocenters. The van der Waals surface area contributed by atoms with E-state index >= 15 is 0 Å². The van der Waals surface area contributed by atoms with E-state index < -0.39 is 25.7 Å². The molecule has 0 radical (unpaired) electrons. The molecule has 0 saturated carbocycles. The Morgan fingerprint density at radius 1 is 0.733 bits per heavy atom. The van der Waals surface area contributed by atoms with Gasteiger partial charge in [-0.15, -0.1) is 0 Å². The summed E-state index contributed by atoms with van der Waals surface area (Å²) in [6.07, 6.45) is 0.382. The summed E-state index contributed by atoms with van der Waals surface area (Å²) in [5, 5.41) is 0. The quantitative estimate of drug-likeness (QED) is 0.619. The lowest BCUT2D eigenvalue weighted by Gasteiger charge is -2.22. The lowest BCUT2D eigenvalue weighted by molar-refractivity contribution is 0.404. The Hall–Kier alpha value is -2.47. The fourth-order valence-corrected chi connectivity index (χ4v) is 6.50. The van der Waals surface area contributed by atoms with Crippen molar-refractivity contribution in [2.75, 3.05) is 26.2 Å². The lowest BCUT2D eigenvalue weighted by Crippen LogP contribution is -2.37. The van der Waals surface area contributed by atoms with E-state index in [0.717, 1.165) is 5.56 Å². The topological polar surface area (TPSA) is 123 Å². The van der Waals surface area contributed by atoms with E-state index in [2.05, 4.69) is 9.97 Å². The van der Waals surface area contributed by atoms with E-state index in [1.165, 1.54) is 26.8 Å². The molecule has 0 spiro atoms. The maximum atomic E-state index is 13.1. The molecular formula is C19H22N4O5S2. The number of hydrogen-bond acceptors (Lipinski definition) is 5. The van der Waals surface area contributed by atoms with Crippen LogP contribution in [-0.2, 0) is 20.0 Å². The van der Waals surface area contributed by atoms with Gasteiger partial charge in [0, 0.05) is 26.2 Å². The highest BCUT2D eigenvalue weighted by Crippen LogP contribution is 2.23. The maximum Gasteiger partial charge on any atom is 0.323 e. The summed E-state index contributed by atoms with van der Waals surface area (Å²) >= 11 is 0. The number of hydrogen-bond donors (Lipinski definition) is 2. The highest BCUT2D eigenvalue weighted by atomic mass is 32.2. The predicted molar refractivity (Wildman–Crippen MR) is 112 cm³/mol. The van der Waals surface area contributed by atoms with Crippen LogP contribution in [0, 0.1) is 6.92 Å². The molecule has 0 atom stereocenters. The van der Waals surface area contributed by atoms with Crippen LogP contribution in [0.15, 0.2) is 57.1 Å². The highest BCUT2D eigenvalue weighted by molar-refractivity contribution is 7.89. The normalized spacial score (nSPS) is 17.2. The third kappa shape index (κ3) is 3.81. The van der Waals surface area contributed by atoms with Crippen LogP contribution in [0.2, 0.25) is 0 Å². The average molecular weight is 451 g/mol. The zero-order valence-corrected chi connectivity index (χ0v) is 18.0. The zero-order chi connectivity index (χ0) is 21.5. The number of nitrogens with one attached hydrogen (secondary N) is 2. The molecule has 2 aromatic carbocycles. The molecule has 1 saturated heterocycles. The first kappa shape index (κ1) is 20.8. The number of nitrogens with zero attached hydrogens (tertiary/aromatic N) is 2. The van der Waals surface area contributed by atoms with Crippen molar-refractivity contribution in [3.05, 3.63) is 58.5 Å². The number of H-pyrrole nitrogens is 2. The highest BCUT2D eigenvalue weighted by Gasteiger charge is 2.31. The van der Waals surface area contributed by atoms with Gasteiger partial charge < -0.3 is 9.97 Å². The molecule has 4 rings (SSSR count). The van der Waals surface area contributed by atoms with Crippen molar-refractivity contribution in [2.45, 2.75) is 23.1 Å². The van der Waals surface area contributed by atoms with Crippen LogP contribution in [0.4, 0.5) is 0 Å². The fraction of sp³-hybridized carbons (Fsp3) is 0.316. The monoisotopic (exact) mass is 450 g/mol. The van der Waals surface area contributed by atoms with Crippen molar-refractivity contribution < 1.29 is 16.8 Å². The minimum absolute atomic E-state index is 0.0507. The van der Waals surface area contributed by atoms with Crippen LogP contribution in [-0.4, -0.2) is 61.6 Å². The van der Waals surface area contributed by atoms with Gasteiger partial charge in [0.2, 0.25) is 20.0 Å². The van der Waals surface area contributed by atoms with Gasteiger partial charge in [-0.3, -0.25) is 0 Å². The van der Waals surface area contributed by atoms with Crippen molar-refractivity contribution in [2.24, 2.45) is 0 Å². The fourth-order valence-electron chi connectivity index (χ4n) is 3.53. The number of fused-ring (bicyclic) bond motifs is 1. The summed E-state index contributed by atoms with van der Waals surface area (Å²) in [6.45, 7) is 2.45. The second-order valence-corrected chi connectivity index (χ2v) is 11.1. The first-order chi connectivity index (χ1) is 14.2. The van der Waals surface area contributed by atoms with Crippen molar-refractivity contribution in [1.29, 1.82) is 0 Å². The molecule has 1 fully saturated rings. The van der Waals surface area contributed by atoms with Crippen LogP contribution >= 0.6 is 0 Å². The van der Waals surface area contributed by atoms with Gasteiger partial charge in [-0.25, -0.2) is 21.6 Å². The van der Waals surface area contributed by atoms with Crippen LogP contribution in [0.25, 0.3) is 11.0 Å². The number of sulfonamides is 2. The Labute approximate surface area is 174 Å². The second-order valence-electron chi connectivity index (χ2n) is 7.26. The maximum absolute atomic E-state index is 13.1. The Bertz CT molecular complexity index is 1340. The molecular weight excluding hydrogens is 428 g/mol. The van der Waals surface area contributed by atoms with Crippen molar-refractivity contribution in [3.63, 3.8) is 0 Å². The first-order valence-corrected chi connectivity index (χ1v) is 12.3. The number of aromatic amines is 2. The summed E-state index contributed by atoms with van der Waals surface area (Å²) in [5.41, 5.74) is 1.47. The molecule has 0 aliphatic carbocycles. The van der Waals surface area contributed by atoms with Gasteiger partial charge in [0.25, 0.3) is 0 Å². The number of rotatable bonds is 4. The molecule has 30 heavy (non-hydrogen) atoms. The van der Waals surface area contributed by atoms with E-state index in [9.17, 15) is 21.6 Å². The van der Waals surface area contributed by atoms with E-state index in [0.29, 0.717) is 17.5 Å². The van der Waals surface area contributed by atoms with Gasteiger partial charge in [0.05, 0.1) is 20.8 Å². The van der Waals surface area contributed by atoms with Gasteiger partial charge in [-0.1, -0.05) is 17.7 Å². The summed E-state index contributed by atoms with van der Waals surface area (Å²) < 4.78 is 54.7. The third-order valence-electron chi connectivity index (χ3n) is 5.20. The van der Waals surface area contributed by atoms with E-state index in [1.54, 1.807) is 24.3 Å². The van der Waals surface area contributed by atoms with Crippen molar-refractivity contribution in [1.82, 2.24) is 18.6 Å². The van der Waals surface area contributed by atoms with Crippen LogP contribution < -0.4 is 5.69 Å². The van der Waals surface area contributed by atoms with Gasteiger partial charge in [-0.05, 0) is 43.7 Å². The van der Waals surface area contributed by atoms with Crippen molar-refractivity contribution >= 4 is 31.1 Å². The van der Waals surface area contributed by atoms with E-state index in [-0.39, 0.29) is 36.0 Å². The molecule has 9 nitrogen and oxygen atoms in total. The molecule has 2 heterocycles. The largest absolute Gasteiger partial charge is 0.323 e. The summed E-state index contributed by atoms with van der Waals surface area (Å²) in [6, 6.07) is 11.0. The molecule has 1 aliphatic heterocycles. The summed E-state index contributed by atoms with van der Waals surface area (Å²) in [4.78, 5) is 16.8. The molecule has 1 aliphatic rings. The van der Waals surface area contributed by atoms with Gasteiger partial charge in [-0.2, -0.15) is 8.61 Å². The Morgan fingerprint density at radius 3 is 1.90 bits per heavy atom. The van der Waals surface area contributed by atoms with Crippen molar-refractivity contribution in [3.8, 4) is 0 Å². The summed E-state index contributed by atoms with van der Waals surface area (Å²) in [5.74, 6) is 0. The molecule has 1 aromatic heterocycles. The van der Waals surface area contributed by atoms with Crippen LogP contribution in [0.5, 0.6) is 0 Å². The smallest absolute Gasteiger partial charge is 0.306 e. The van der Waals surface area contributed by atoms with Gasteiger partial charge in [0.1, 0.15) is 0 Å². The average Bonchev–Trinajstić information content (AvgIpc) is 2.89. The number of benzene rings is 2. The molecule has 0 bridgehead atoms. The standard InChI is InChI=1S/C19H22N4O5S2/c1-14-3-5-15(6-4-14)29(25,26)22-9-2-10-23(12-11-22)30(27,28)16-7-8-17-18(13-16)21-19(24)20-17/h3-8,13H,2,9-12H2,1H3,(H2,20,21,24). The Kier molecular flexibility index (Phi) is 5.30. The summed E-state index contributed by atoms with van der Waals surface area (Å²) in [7, 11) is -7.52. The number of aryl methyl sites for hydroxylation is 1. The minimum Gasteiger partial charge on any atom is -0.306 e. The molecule has 0 amide bonds. The molecule has 3 aromatic rings. The van der Waals surface area contributed by atoms with Gasteiger partial charge in [0.15, 0.2) is 0 Å². The first-order valence-electron chi connectivity index (χ1n) is 9.47. The predicted octanol–water partition coefficient (Wildman–Crippen LogP) is 1.25. The molecule has 2 N–H and O–H groups in total. The zero-order valence-electron chi connectivity index (χ0n) is 16.3. The Morgan fingerprint density at radius 2 is 1.27 bits per heavy atom. The Balaban J connectivity index is 1.57. The lowest BCUT2D eigenvalue weighted by atomic mass is 10.2. The third-order valence-corrected chi connectivity index (χ3v) is 9.01. The van der Waals surface area contributed by atoms with Crippen LogP contribution in [0.1, 0.15) is 12.0 Å². The van der Waals surface area contributed by atoms with Crippen LogP contribution in [0.3, 0.4) is 0 Å². The van der Waals surface area contributed by atoms with E-state index in [1.807, 2.05) is 6.92 Å². The van der Waals surface area contributed by atoms with E-state index in [4.69, 9.17) is 0 Å². The number of imidazole rings is 1. The van der Waals surface area contributed by atoms with Gasteiger partial charge >= 0.3 is 5.69 Å². The minimum atomic E-state index is -3.83. The molecule has 160 valence electrons. The SMILES string of the molecule is Cc1ccc(S(=O)(=O)N2CCCN(S(=O)(=O)c3ccc4[nH]c(=O)[nH]c4c3)CC2)cc1.